The maximum Gasteiger partial charge on any atom is 0.341 e. The van der Waals surface area contributed by atoms with Gasteiger partial charge < -0.3 is 14.2 Å². The maximum atomic E-state index is 12.2. The quantitative estimate of drug-likeness (QED) is 0.572. The van der Waals surface area contributed by atoms with E-state index in [-0.39, 0.29) is 23.8 Å². The highest BCUT2D eigenvalue weighted by molar-refractivity contribution is 5.85. The van der Waals surface area contributed by atoms with Gasteiger partial charge in [-0.15, -0.1) is 0 Å². The van der Waals surface area contributed by atoms with Crippen LogP contribution in [0.4, 0.5) is 0 Å². The minimum Gasteiger partial charge on any atom is -0.464 e. The predicted molar refractivity (Wildman–Crippen MR) is 67.3 cm³/mol. The highest BCUT2D eigenvalue weighted by Crippen LogP contribution is 2.59. The average molecular weight is 256 g/mol. The van der Waals surface area contributed by atoms with Gasteiger partial charge in [-0.2, -0.15) is 0 Å². The monoisotopic (exact) mass is 256 g/mol. The summed E-state index contributed by atoms with van der Waals surface area (Å²) >= 11 is 0. The molecule has 2 saturated heterocycles. The molecule has 2 rings (SSSR count). The molecule has 0 aliphatic carbocycles. The Morgan fingerprint density at radius 2 is 1.89 bits per heavy atom. The van der Waals surface area contributed by atoms with Gasteiger partial charge >= 0.3 is 5.97 Å². The van der Waals surface area contributed by atoms with Crippen LogP contribution < -0.4 is 0 Å². The van der Waals surface area contributed by atoms with Crippen LogP contribution in [0.2, 0.25) is 0 Å². The minimum absolute atomic E-state index is 0.141. The summed E-state index contributed by atoms with van der Waals surface area (Å²) in [6.07, 6.45) is 3.52. The fraction of sp³-hybridized carbons (Fsp3) is 0.929. The van der Waals surface area contributed by atoms with E-state index in [9.17, 15) is 4.79 Å². The van der Waals surface area contributed by atoms with Crippen molar-refractivity contribution in [3.05, 3.63) is 0 Å². The molecule has 0 radical (unpaired) electrons. The summed E-state index contributed by atoms with van der Waals surface area (Å²) in [7, 11) is 0. The van der Waals surface area contributed by atoms with Gasteiger partial charge in [0.25, 0.3) is 0 Å². The lowest BCUT2D eigenvalue weighted by Crippen LogP contribution is -2.43. The van der Waals surface area contributed by atoms with Gasteiger partial charge in [0.2, 0.25) is 0 Å². The van der Waals surface area contributed by atoms with Gasteiger partial charge in [-0.3, -0.25) is 0 Å². The van der Waals surface area contributed by atoms with Crippen molar-refractivity contribution in [2.24, 2.45) is 0 Å². The second-order valence-electron chi connectivity index (χ2n) is 5.56. The van der Waals surface area contributed by atoms with E-state index in [1.54, 1.807) is 0 Å². The first-order chi connectivity index (χ1) is 8.49. The largest absolute Gasteiger partial charge is 0.464 e. The molecule has 2 aliphatic heterocycles. The Labute approximate surface area is 109 Å². The summed E-state index contributed by atoms with van der Waals surface area (Å²) in [5.74, 6) is -0.187. The molecule has 2 heterocycles. The molecule has 0 N–H and O–H groups in total. The molecule has 18 heavy (non-hydrogen) atoms. The number of carbonyl (C=O) groups excluding carboxylic acids is 1. The van der Waals surface area contributed by atoms with E-state index in [2.05, 4.69) is 6.92 Å². The Bertz CT molecular complexity index is 318. The van der Waals surface area contributed by atoms with Gasteiger partial charge in [0.1, 0.15) is 5.60 Å². The third kappa shape index (κ3) is 2.05. The average Bonchev–Trinajstić information content (AvgIpc) is 2.84. The summed E-state index contributed by atoms with van der Waals surface area (Å²) < 4.78 is 16.9. The Morgan fingerprint density at radius 3 is 2.39 bits per heavy atom. The van der Waals surface area contributed by atoms with Gasteiger partial charge in [0.05, 0.1) is 18.8 Å². The molecule has 0 aromatic carbocycles. The smallest absolute Gasteiger partial charge is 0.341 e. The van der Waals surface area contributed by atoms with Crippen molar-refractivity contribution in [2.45, 2.75) is 76.8 Å². The van der Waals surface area contributed by atoms with Gasteiger partial charge in [0, 0.05) is 12.8 Å². The molecular formula is C14H24O4. The van der Waals surface area contributed by atoms with Crippen LogP contribution in [0, 0.1) is 0 Å². The Morgan fingerprint density at radius 1 is 1.28 bits per heavy atom. The van der Waals surface area contributed by atoms with Crippen LogP contribution in [-0.2, 0) is 19.0 Å². The minimum atomic E-state index is -0.704. The first-order valence-corrected chi connectivity index (χ1v) is 7.02. The fourth-order valence-electron chi connectivity index (χ4n) is 3.43. The SMILES string of the molecule is CCCC1(C(=O)OCC)OC12CC(C)OC(C)C2. The van der Waals surface area contributed by atoms with Crippen molar-refractivity contribution in [3.8, 4) is 0 Å². The highest BCUT2D eigenvalue weighted by Gasteiger charge is 2.75. The van der Waals surface area contributed by atoms with Crippen LogP contribution >= 0.6 is 0 Å². The molecule has 4 heteroatoms. The summed E-state index contributed by atoms with van der Waals surface area (Å²) in [6, 6.07) is 0. The Balaban J connectivity index is 2.17. The van der Waals surface area contributed by atoms with Crippen molar-refractivity contribution < 1.29 is 19.0 Å². The molecule has 2 aliphatic rings. The zero-order valence-electron chi connectivity index (χ0n) is 11.8. The molecule has 2 fully saturated rings. The van der Waals surface area contributed by atoms with Gasteiger partial charge in [0.15, 0.2) is 5.60 Å². The van der Waals surface area contributed by atoms with E-state index >= 15 is 0 Å². The predicted octanol–water partition coefficient (Wildman–Crippen LogP) is 2.44. The lowest BCUT2D eigenvalue weighted by molar-refractivity contribution is -0.150. The maximum absolute atomic E-state index is 12.2. The third-order valence-electron chi connectivity index (χ3n) is 3.97. The van der Waals surface area contributed by atoms with Gasteiger partial charge in [-0.05, 0) is 27.2 Å². The molecule has 104 valence electrons. The molecule has 0 aromatic heterocycles. The molecule has 0 saturated carbocycles. The Kier molecular flexibility index (Phi) is 3.70. The summed E-state index contributed by atoms with van der Waals surface area (Å²) in [4.78, 5) is 12.2. The van der Waals surface area contributed by atoms with Gasteiger partial charge in [-0.25, -0.2) is 4.79 Å². The van der Waals surface area contributed by atoms with Crippen molar-refractivity contribution in [1.82, 2.24) is 0 Å². The summed E-state index contributed by atoms with van der Waals surface area (Å²) in [5.41, 5.74) is -1.05. The topological polar surface area (TPSA) is 48.1 Å². The number of carbonyl (C=O) groups is 1. The molecule has 1 spiro atoms. The standard InChI is InChI=1S/C14H24O4/c1-5-7-14(12(15)16-6-2)13(18-14)8-10(3)17-11(4)9-13/h10-11H,5-9H2,1-4H3. The lowest BCUT2D eigenvalue weighted by atomic mass is 9.79. The fourth-order valence-corrected chi connectivity index (χ4v) is 3.43. The van der Waals surface area contributed by atoms with Gasteiger partial charge in [-0.1, -0.05) is 13.3 Å². The summed E-state index contributed by atoms with van der Waals surface area (Å²) in [5, 5.41) is 0. The Hall–Kier alpha value is -0.610. The number of epoxide rings is 1. The molecule has 0 bridgehead atoms. The lowest BCUT2D eigenvalue weighted by Gasteiger charge is -2.32. The molecule has 3 atom stereocenters. The van der Waals surface area contributed by atoms with Crippen molar-refractivity contribution in [3.63, 3.8) is 0 Å². The molecule has 0 amide bonds. The first kappa shape index (κ1) is 13.8. The van der Waals surface area contributed by atoms with Crippen LogP contribution in [0.1, 0.15) is 53.4 Å². The normalized spacial score (nSPS) is 42.9. The number of esters is 1. The van der Waals surface area contributed by atoms with Crippen LogP contribution in [0.15, 0.2) is 0 Å². The number of rotatable bonds is 4. The van der Waals surface area contributed by atoms with Crippen molar-refractivity contribution in [1.29, 1.82) is 0 Å². The number of hydrogen-bond acceptors (Lipinski definition) is 4. The molecule has 4 nitrogen and oxygen atoms in total. The van der Waals surface area contributed by atoms with E-state index in [0.717, 1.165) is 25.7 Å². The van der Waals surface area contributed by atoms with Crippen molar-refractivity contribution in [2.75, 3.05) is 6.61 Å². The number of ether oxygens (including phenoxy) is 3. The first-order valence-electron chi connectivity index (χ1n) is 7.02. The van der Waals surface area contributed by atoms with Crippen LogP contribution in [0.25, 0.3) is 0 Å². The van der Waals surface area contributed by atoms with E-state index < -0.39 is 5.60 Å². The van der Waals surface area contributed by atoms with E-state index in [1.165, 1.54) is 0 Å². The van der Waals surface area contributed by atoms with Crippen LogP contribution in [-0.4, -0.2) is 36.0 Å². The summed E-state index contributed by atoms with van der Waals surface area (Å²) in [6.45, 7) is 8.40. The zero-order chi connectivity index (χ0) is 13.4. The molecular weight excluding hydrogens is 232 g/mol. The van der Waals surface area contributed by atoms with E-state index in [0.29, 0.717) is 6.61 Å². The zero-order valence-corrected chi connectivity index (χ0v) is 11.8. The third-order valence-corrected chi connectivity index (χ3v) is 3.97. The molecule has 3 unspecified atom stereocenters. The second-order valence-corrected chi connectivity index (χ2v) is 5.56. The second kappa shape index (κ2) is 4.82. The van der Waals surface area contributed by atoms with Crippen LogP contribution in [0.3, 0.4) is 0 Å². The van der Waals surface area contributed by atoms with Crippen molar-refractivity contribution >= 4 is 5.97 Å². The van der Waals surface area contributed by atoms with E-state index in [4.69, 9.17) is 14.2 Å². The van der Waals surface area contributed by atoms with E-state index in [1.807, 2.05) is 20.8 Å². The van der Waals surface area contributed by atoms with Crippen LogP contribution in [0.5, 0.6) is 0 Å². The highest BCUT2D eigenvalue weighted by atomic mass is 16.7. The molecule has 0 aromatic rings. The number of hydrogen-bond donors (Lipinski definition) is 0.